The van der Waals surface area contributed by atoms with Crippen molar-refractivity contribution in [1.82, 2.24) is 9.71 Å². The van der Waals surface area contributed by atoms with Crippen LogP contribution in [0.2, 0.25) is 4.34 Å². The number of nitrogens with one attached hydrogen (secondary N) is 1. The van der Waals surface area contributed by atoms with Crippen molar-refractivity contribution in [2.45, 2.75) is 29.5 Å². The Morgan fingerprint density at radius 2 is 2.20 bits per heavy atom. The van der Waals surface area contributed by atoms with Crippen LogP contribution in [0.3, 0.4) is 0 Å². The molecule has 0 aliphatic heterocycles. The van der Waals surface area contributed by atoms with Gasteiger partial charge in [-0.1, -0.05) is 11.6 Å². The van der Waals surface area contributed by atoms with Crippen molar-refractivity contribution in [2.75, 3.05) is 5.73 Å². The highest BCUT2D eigenvalue weighted by Gasteiger charge is 2.27. The summed E-state index contributed by atoms with van der Waals surface area (Å²) in [5.74, 6) is 0. The number of thiophene rings is 1. The Bertz CT molecular complexity index is 738. The number of nitrogens with two attached hydrogens (primary N) is 1. The van der Waals surface area contributed by atoms with Crippen LogP contribution in [0.4, 0.5) is 5.13 Å². The number of fused-ring (bicyclic) bond motifs is 1. The van der Waals surface area contributed by atoms with Crippen molar-refractivity contribution < 1.29 is 8.42 Å². The molecule has 20 heavy (non-hydrogen) atoms. The molecule has 108 valence electrons. The zero-order valence-corrected chi connectivity index (χ0v) is 13.5. The number of anilines is 1. The molecular formula is C11H12ClN3O2S3. The van der Waals surface area contributed by atoms with E-state index in [1.54, 1.807) is 6.07 Å². The lowest BCUT2D eigenvalue weighted by Crippen LogP contribution is -2.38. The summed E-state index contributed by atoms with van der Waals surface area (Å²) in [7, 11) is -3.50. The SMILES string of the molecule is Nc1nc2c(s1)CC(NS(=O)(=O)c1ccc(Cl)s1)CC2. The lowest BCUT2D eigenvalue weighted by atomic mass is 9.99. The highest BCUT2D eigenvalue weighted by Crippen LogP contribution is 2.30. The molecule has 0 saturated carbocycles. The van der Waals surface area contributed by atoms with E-state index in [-0.39, 0.29) is 10.3 Å². The maximum absolute atomic E-state index is 12.2. The molecule has 1 aliphatic carbocycles. The van der Waals surface area contributed by atoms with Crippen molar-refractivity contribution in [3.05, 3.63) is 27.0 Å². The summed E-state index contributed by atoms with van der Waals surface area (Å²) >= 11 is 8.28. The fourth-order valence-corrected chi connectivity index (χ4v) is 5.94. The van der Waals surface area contributed by atoms with Gasteiger partial charge in [0.05, 0.1) is 10.0 Å². The van der Waals surface area contributed by atoms with Gasteiger partial charge in [-0.25, -0.2) is 18.1 Å². The third-order valence-corrected chi connectivity index (χ3v) is 7.28. The lowest BCUT2D eigenvalue weighted by molar-refractivity contribution is 0.509. The van der Waals surface area contributed by atoms with Crippen LogP contribution in [0, 0.1) is 0 Å². The number of hydrogen-bond donors (Lipinski definition) is 2. The average Bonchev–Trinajstić information content (AvgIpc) is 2.93. The Balaban J connectivity index is 1.76. The largest absolute Gasteiger partial charge is 0.375 e. The Kier molecular flexibility index (Phi) is 3.76. The highest BCUT2D eigenvalue weighted by molar-refractivity contribution is 7.91. The summed E-state index contributed by atoms with van der Waals surface area (Å²) in [4.78, 5) is 5.32. The Morgan fingerprint density at radius 3 is 2.90 bits per heavy atom. The van der Waals surface area contributed by atoms with Crippen LogP contribution in [-0.4, -0.2) is 19.4 Å². The number of halogens is 1. The molecule has 3 rings (SSSR count). The van der Waals surface area contributed by atoms with E-state index < -0.39 is 10.0 Å². The van der Waals surface area contributed by atoms with Gasteiger partial charge in [-0.15, -0.1) is 22.7 Å². The molecule has 1 atom stereocenters. The first-order chi connectivity index (χ1) is 9.44. The van der Waals surface area contributed by atoms with Crippen LogP contribution in [0.5, 0.6) is 0 Å². The standard InChI is InChI=1S/C11H12ClN3O2S3/c12-9-3-4-10(19-9)20(16,17)15-6-1-2-7-8(5-6)18-11(13)14-7/h3-4,6,15H,1-2,5H2,(H2,13,14). The smallest absolute Gasteiger partial charge is 0.250 e. The summed E-state index contributed by atoms with van der Waals surface area (Å²) in [6.07, 6.45) is 2.12. The number of nitrogens with zero attached hydrogens (tertiary/aromatic N) is 1. The number of sulfonamides is 1. The van der Waals surface area contributed by atoms with Crippen LogP contribution < -0.4 is 10.5 Å². The predicted molar refractivity (Wildman–Crippen MR) is 82.0 cm³/mol. The molecule has 0 aromatic carbocycles. The van der Waals surface area contributed by atoms with E-state index in [1.807, 2.05) is 0 Å². The molecule has 9 heteroatoms. The molecule has 2 aromatic rings. The van der Waals surface area contributed by atoms with Gasteiger partial charge in [0.25, 0.3) is 0 Å². The van der Waals surface area contributed by atoms with E-state index in [2.05, 4.69) is 9.71 Å². The zero-order chi connectivity index (χ0) is 14.3. The predicted octanol–water partition coefficient (Wildman–Crippen LogP) is 2.28. The summed E-state index contributed by atoms with van der Waals surface area (Å²) in [5, 5.41) is 0.545. The van der Waals surface area contributed by atoms with Gasteiger partial charge in [-0.3, -0.25) is 0 Å². The van der Waals surface area contributed by atoms with Crippen LogP contribution in [0.15, 0.2) is 16.3 Å². The topological polar surface area (TPSA) is 85.1 Å². The van der Waals surface area contributed by atoms with E-state index in [4.69, 9.17) is 17.3 Å². The first-order valence-electron chi connectivity index (χ1n) is 5.96. The summed E-state index contributed by atoms with van der Waals surface area (Å²) < 4.78 is 27.9. The summed E-state index contributed by atoms with van der Waals surface area (Å²) in [6, 6.07) is 2.99. The van der Waals surface area contributed by atoms with E-state index >= 15 is 0 Å². The summed E-state index contributed by atoms with van der Waals surface area (Å²) in [6.45, 7) is 0. The van der Waals surface area contributed by atoms with Gasteiger partial charge in [-0.05, 0) is 25.0 Å². The van der Waals surface area contributed by atoms with E-state index in [9.17, 15) is 8.42 Å². The number of aromatic nitrogens is 1. The number of aryl methyl sites for hydroxylation is 1. The third kappa shape index (κ3) is 2.84. The number of nitrogen functional groups attached to an aromatic ring is 1. The highest BCUT2D eigenvalue weighted by atomic mass is 35.5. The first-order valence-corrected chi connectivity index (χ1v) is 9.45. The zero-order valence-electron chi connectivity index (χ0n) is 10.3. The first kappa shape index (κ1) is 14.3. The molecule has 0 radical (unpaired) electrons. The maximum atomic E-state index is 12.2. The minimum Gasteiger partial charge on any atom is -0.375 e. The molecule has 0 amide bonds. The second-order valence-corrected chi connectivity index (χ2v) is 9.31. The molecule has 1 aliphatic rings. The quantitative estimate of drug-likeness (QED) is 0.890. The van der Waals surface area contributed by atoms with E-state index in [0.717, 1.165) is 34.7 Å². The van der Waals surface area contributed by atoms with Gasteiger partial charge in [0.15, 0.2) is 5.13 Å². The number of rotatable bonds is 3. The Labute approximate surface area is 129 Å². The fraction of sp³-hybridized carbons (Fsp3) is 0.364. The van der Waals surface area contributed by atoms with Gasteiger partial charge >= 0.3 is 0 Å². The molecule has 3 N–H and O–H groups in total. The Hall–Kier alpha value is -0.670. The number of thiazole rings is 1. The molecule has 5 nitrogen and oxygen atoms in total. The normalized spacial score (nSPS) is 18.9. The molecule has 0 spiro atoms. The monoisotopic (exact) mass is 349 g/mol. The van der Waals surface area contributed by atoms with Gasteiger partial charge in [0, 0.05) is 17.3 Å². The van der Waals surface area contributed by atoms with Gasteiger partial charge in [0.1, 0.15) is 4.21 Å². The van der Waals surface area contributed by atoms with Gasteiger partial charge in [0.2, 0.25) is 10.0 Å². The molecule has 0 fully saturated rings. The summed E-state index contributed by atoms with van der Waals surface area (Å²) in [5.41, 5.74) is 6.68. The molecule has 0 bridgehead atoms. The minimum absolute atomic E-state index is 0.117. The van der Waals surface area contributed by atoms with Crippen LogP contribution >= 0.6 is 34.3 Å². The molecular weight excluding hydrogens is 338 g/mol. The third-order valence-electron chi connectivity index (χ3n) is 3.09. The van der Waals surface area contributed by atoms with Crippen molar-refractivity contribution in [1.29, 1.82) is 0 Å². The minimum atomic E-state index is -3.50. The molecule has 2 heterocycles. The second-order valence-electron chi connectivity index (χ2n) is 4.54. The van der Waals surface area contributed by atoms with Crippen molar-refractivity contribution in [3.63, 3.8) is 0 Å². The lowest BCUT2D eigenvalue weighted by Gasteiger charge is -2.21. The maximum Gasteiger partial charge on any atom is 0.250 e. The van der Waals surface area contributed by atoms with E-state index in [1.165, 1.54) is 17.4 Å². The average molecular weight is 350 g/mol. The van der Waals surface area contributed by atoms with Crippen molar-refractivity contribution in [2.24, 2.45) is 0 Å². The van der Waals surface area contributed by atoms with Gasteiger partial charge < -0.3 is 5.73 Å². The van der Waals surface area contributed by atoms with Crippen LogP contribution in [0.1, 0.15) is 17.0 Å². The molecule has 2 aromatic heterocycles. The Morgan fingerprint density at radius 1 is 1.40 bits per heavy atom. The molecule has 0 saturated heterocycles. The van der Waals surface area contributed by atoms with Crippen LogP contribution in [-0.2, 0) is 22.9 Å². The number of hydrogen-bond acceptors (Lipinski definition) is 6. The molecule has 1 unspecified atom stereocenters. The van der Waals surface area contributed by atoms with Crippen molar-refractivity contribution >= 4 is 49.4 Å². The fourth-order valence-electron chi connectivity index (χ4n) is 2.22. The van der Waals surface area contributed by atoms with E-state index in [0.29, 0.717) is 15.9 Å². The second kappa shape index (κ2) is 5.27. The van der Waals surface area contributed by atoms with Crippen LogP contribution in [0.25, 0.3) is 0 Å². The van der Waals surface area contributed by atoms with Crippen molar-refractivity contribution in [3.8, 4) is 0 Å². The van der Waals surface area contributed by atoms with Gasteiger partial charge in [-0.2, -0.15) is 0 Å².